The molecule has 1 aliphatic rings. The van der Waals surface area contributed by atoms with Gasteiger partial charge in [-0.15, -0.1) is 0 Å². The Morgan fingerprint density at radius 1 is 1.16 bits per heavy atom. The van der Waals surface area contributed by atoms with Crippen molar-refractivity contribution in [3.8, 4) is 5.75 Å². The van der Waals surface area contributed by atoms with Crippen LogP contribution in [0.4, 0.5) is 0 Å². The number of hydrogen-bond acceptors (Lipinski definition) is 5. The summed E-state index contributed by atoms with van der Waals surface area (Å²) in [5.41, 5.74) is 1.37. The van der Waals surface area contributed by atoms with Crippen LogP contribution in [0.2, 0.25) is 10.0 Å². The summed E-state index contributed by atoms with van der Waals surface area (Å²) < 4.78 is 17.4. The lowest BCUT2D eigenvalue weighted by atomic mass is 10.1. The van der Waals surface area contributed by atoms with Gasteiger partial charge in [0.2, 0.25) is 0 Å². The molecule has 0 amide bonds. The van der Waals surface area contributed by atoms with Crippen molar-refractivity contribution in [2.24, 2.45) is 5.92 Å². The Kier molecular flexibility index (Phi) is 8.45. The highest BCUT2D eigenvalue weighted by molar-refractivity contribution is 6.35. The van der Waals surface area contributed by atoms with E-state index < -0.39 is 5.60 Å². The molecule has 1 heterocycles. The number of morpholine rings is 1. The zero-order valence-electron chi connectivity index (χ0n) is 19.1. The van der Waals surface area contributed by atoms with Crippen molar-refractivity contribution in [1.29, 1.82) is 0 Å². The van der Waals surface area contributed by atoms with Gasteiger partial charge < -0.3 is 14.2 Å². The SMILES string of the molecule is CC(CN1CCOC(c2ccc(OCc3c(Cl)cccc3Cl)cc2)C1)C(=O)OC(C)(C)C. The minimum Gasteiger partial charge on any atom is -0.489 e. The Morgan fingerprint density at radius 3 is 2.44 bits per heavy atom. The molecule has 0 saturated carbocycles. The van der Waals surface area contributed by atoms with E-state index in [2.05, 4.69) is 4.90 Å². The molecule has 5 nitrogen and oxygen atoms in total. The van der Waals surface area contributed by atoms with Gasteiger partial charge >= 0.3 is 5.97 Å². The molecule has 2 aromatic carbocycles. The normalized spacial score (nSPS) is 18.2. The average Bonchev–Trinajstić information content (AvgIpc) is 2.73. The topological polar surface area (TPSA) is 48.0 Å². The minimum atomic E-state index is -0.472. The number of esters is 1. The number of hydrogen-bond donors (Lipinski definition) is 0. The molecule has 0 aliphatic carbocycles. The molecular formula is C25H31Cl2NO4. The fourth-order valence-corrected chi connectivity index (χ4v) is 4.05. The van der Waals surface area contributed by atoms with Crippen LogP contribution in [0.3, 0.4) is 0 Å². The van der Waals surface area contributed by atoms with E-state index in [1.807, 2.05) is 58.0 Å². The van der Waals surface area contributed by atoms with Gasteiger partial charge in [-0.25, -0.2) is 0 Å². The third-order valence-electron chi connectivity index (χ3n) is 5.19. The third-order valence-corrected chi connectivity index (χ3v) is 5.90. The van der Waals surface area contributed by atoms with E-state index in [4.69, 9.17) is 37.4 Å². The summed E-state index contributed by atoms with van der Waals surface area (Å²) in [6, 6.07) is 13.3. The third kappa shape index (κ3) is 7.11. The maximum Gasteiger partial charge on any atom is 0.310 e. The molecule has 0 spiro atoms. The maximum absolute atomic E-state index is 12.3. The molecule has 1 saturated heterocycles. The number of benzene rings is 2. The summed E-state index contributed by atoms with van der Waals surface area (Å²) in [7, 11) is 0. The number of rotatable bonds is 7. The molecule has 0 radical (unpaired) electrons. The Labute approximate surface area is 200 Å². The molecule has 1 fully saturated rings. The summed E-state index contributed by atoms with van der Waals surface area (Å²) in [6.45, 7) is 10.7. The lowest BCUT2D eigenvalue weighted by Crippen LogP contribution is -2.42. The van der Waals surface area contributed by atoms with Crippen molar-refractivity contribution < 1.29 is 19.0 Å². The summed E-state index contributed by atoms with van der Waals surface area (Å²) >= 11 is 12.4. The molecule has 32 heavy (non-hydrogen) atoms. The van der Waals surface area contributed by atoms with Gasteiger partial charge in [-0.3, -0.25) is 9.69 Å². The average molecular weight is 480 g/mol. The van der Waals surface area contributed by atoms with Crippen molar-refractivity contribution in [2.75, 3.05) is 26.2 Å². The molecule has 2 atom stereocenters. The van der Waals surface area contributed by atoms with Crippen LogP contribution in [-0.2, 0) is 20.9 Å². The number of carbonyl (C=O) groups excluding carboxylic acids is 1. The Morgan fingerprint density at radius 2 is 1.81 bits per heavy atom. The number of nitrogens with zero attached hydrogens (tertiary/aromatic N) is 1. The highest BCUT2D eigenvalue weighted by Crippen LogP contribution is 2.28. The van der Waals surface area contributed by atoms with E-state index in [0.717, 1.165) is 30.0 Å². The first kappa shape index (κ1) is 24.8. The smallest absolute Gasteiger partial charge is 0.310 e. The van der Waals surface area contributed by atoms with E-state index in [9.17, 15) is 4.79 Å². The van der Waals surface area contributed by atoms with Crippen molar-refractivity contribution >= 4 is 29.2 Å². The monoisotopic (exact) mass is 479 g/mol. The standard InChI is InChI=1S/C25H31Cl2NO4/c1-17(24(29)32-25(2,3)4)14-28-12-13-30-23(15-28)18-8-10-19(11-9-18)31-16-20-21(26)6-5-7-22(20)27/h5-11,17,23H,12-16H2,1-4H3. The first-order chi connectivity index (χ1) is 15.1. The Hall–Kier alpha value is -1.79. The van der Waals surface area contributed by atoms with Crippen LogP contribution < -0.4 is 4.74 Å². The van der Waals surface area contributed by atoms with Gasteiger partial charge in [0.05, 0.1) is 18.6 Å². The molecule has 3 rings (SSSR count). The van der Waals surface area contributed by atoms with Gasteiger partial charge in [0.15, 0.2) is 0 Å². The molecule has 0 bridgehead atoms. The lowest BCUT2D eigenvalue weighted by Gasteiger charge is -2.34. The first-order valence-corrected chi connectivity index (χ1v) is 11.6. The zero-order chi connectivity index (χ0) is 23.3. The van der Waals surface area contributed by atoms with Crippen LogP contribution in [-0.4, -0.2) is 42.7 Å². The maximum atomic E-state index is 12.3. The van der Waals surface area contributed by atoms with Crippen LogP contribution in [0.15, 0.2) is 42.5 Å². The van der Waals surface area contributed by atoms with Gasteiger partial charge in [-0.1, -0.05) is 48.3 Å². The molecule has 2 aromatic rings. The lowest BCUT2D eigenvalue weighted by molar-refractivity contribution is -0.160. The molecule has 0 aromatic heterocycles. The van der Waals surface area contributed by atoms with Gasteiger partial charge in [-0.2, -0.15) is 0 Å². The molecular weight excluding hydrogens is 449 g/mol. The summed E-state index contributed by atoms with van der Waals surface area (Å²) in [6.07, 6.45) is -0.0540. The Bertz CT molecular complexity index is 891. The summed E-state index contributed by atoms with van der Waals surface area (Å²) in [4.78, 5) is 14.6. The number of halogens is 2. The zero-order valence-corrected chi connectivity index (χ0v) is 20.6. The predicted octanol–water partition coefficient (Wildman–Crippen LogP) is 5.92. The molecule has 7 heteroatoms. The van der Waals surface area contributed by atoms with Crippen LogP contribution in [0.1, 0.15) is 44.9 Å². The second-order valence-corrected chi connectivity index (χ2v) is 9.93. The predicted molar refractivity (Wildman–Crippen MR) is 127 cm³/mol. The molecule has 0 N–H and O–H groups in total. The van der Waals surface area contributed by atoms with Gasteiger partial charge in [0, 0.05) is 35.2 Å². The van der Waals surface area contributed by atoms with E-state index in [-0.39, 0.29) is 18.0 Å². The van der Waals surface area contributed by atoms with E-state index in [1.165, 1.54) is 0 Å². The van der Waals surface area contributed by atoms with Crippen LogP contribution in [0.25, 0.3) is 0 Å². The number of carbonyl (C=O) groups is 1. The van der Waals surface area contributed by atoms with Gasteiger partial charge in [0.25, 0.3) is 0 Å². The van der Waals surface area contributed by atoms with E-state index >= 15 is 0 Å². The first-order valence-electron chi connectivity index (χ1n) is 10.8. The van der Waals surface area contributed by atoms with Gasteiger partial charge in [0.1, 0.15) is 18.0 Å². The van der Waals surface area contributed by atoms with Crippen molar-refractivity contribution in [1.82, 2.24) is 4.90 Å². The quantitative estimate of drug-likeness (QED) is 0.460. The van der Waals surface area contributed by atoms with Crippen LogP contribution >= 0.6 is 23.2 Å². The summed E-state index contributed by atoms with van der Waals surface area (Å²) in [5.74, 6) is 0.372. The largest absolute Gasteiger partial charge is 0.489 e. The second kappa shape index (κ2) is 10.9. The molecule has 174 valence electrons. The fraction of sp³-hybridized carbons (Fsp3) is 0.480. The van der Waals surface area contributed by atoms with Crippen LogP contribution in [0.5, 0.6) is 5.75 Å². The van der Waals surface area contributed by atoms with E-state index in [0.29, 0.717) is 29.8 Å². The minimum absolute atomic E-state index is 0.0540. The highest BCUT2D eigenvalue weighted by Gasteiger charge is 2.27. The van der Waals surface area contributed by atoms with Gasteiger partial charge in [-0.05, 0) is 50.6 Å². The summed E-state index contributed by atoms with van der Waals surface area (Å²) in [5, 5.41) is 1.18. The molecule has 1 aliphatic heterocycles. The van der Waals surface area contributed by atoms with Crippen molar-refractivity contribution in [3.63, 3.8) is 0 Å². The fourth-order valence-electron chi connectivity index (χ4n) is 3.54. The Balaban J connectivity index is 1.54. The number of ether oxygens (including phenoxy) is 3. The van der Waals surface area contributed by atoms with Crippen LogP contribution in [0, 0.1) is 5.92 Å². The second-order valence-electron chi connectivity index (χ2n) is 9.11. The highest BCUT2D eigenvalue weighted by atomic mass is 35.5. The van der Waals surface area contributed by atoms with Crippen molar-refractivity contribution in [3.05, 3.63) is 63.6 Å². The molecule has 2 unspecified atom stereocenters. The van der Waals surface area contributed by atoms with Crippen molar-refractivity contribution in [2.45, 2.75) is 46.0 Å². The van der Waals surface area contributed by atoms with E-state index in [1.54, 1.807) is 12.1 Å².